The number of hydrogen-bond donors (Lipinski definition) is 1. The molecule has 0 bridgehead atoms. The lowest BCUT2D eigenvalue weighted by atomic mass is 10.3. The summed E-state index contributed by atoms with van der Waals surface area (Å²) in [5.41, 5.74) is 5.88. The molecule has 0 spiro atoms. The third-order valence-electron chi connectivity index (χ3n) is 1.08. The molecule has 0 aliphatic carbocycles. The Morgan fingerprint density at radius 1 is 1.78 bits per heavy atom. The zero-order valence-corrected chi connectivity index (χ0v) is 5.77. The molecule has 2 N–H and O–H groups in total. The smallest absolute Gasteiger partial charge is 0.195 e. The second-order valence-corrected chi connectivity index (χ2v) is 2.02. The van der Waals surface area contributed by atoms with Gasteiger partial charge in [0.15, 0.2) is 10.9 Å². The summed E-state index contributed by atoms with van der Waals surface area (Å²) in [4.78, 5) is 0. The fourth-order valence-corrected chi connectivity index (χ4v) is 0.703. The van der Waals surface area contributed by atoms with Crippen LogP contribution in [0.5, 0.6) is 0 Å². The zero-order valence-electron chi connectivity index (χ0n) is 5.02. The number of anilines is 1. The van der Waals surface area contributed by atoms with Crippen LogP contribution in [0.4, 0.5) is 5.69 Å². The number of rotatable bonds is 1. The summed E-state index contributed by atoms with van der Waals surface area (Å²) in [7, 11) is 0. The molecule has 0 aliphatic heterocycles. The van der Waals surface area contributed by atoms with E-state index in [2.05, 4.69) is 5.16 Å². The zero-order chi connectivity index (χ0) is 6.85. The monoisotopic (exact) mass is 146 g/mol. The first-order chi connectivity index (χ1) is 4.25. The molecular formula is C5H7ClN2O. The molecule has 0 aliphatic rings. The van der Waals surface area contributed by atoms with Gasteiger partial charge in [-0.3, -0.25) is 0 Å². The first-order valence-corrected chi connectivity index (χ1v) is 3.03. The Hall–Kier alpha value is -0.700. The van der Waals surface area contributed by atoms with Gasteiger partial charge in [0.1, 0.15) is 5.69 Å². The van der Waals surface area contributed by atoms with Crippen molar-refractivity contribution in [1.29, 1.82) is 0 Å². The van der Waals surface area contributed by atoms with Crippen molar-refractivity contribution in [3.8, 4) is 0 Å². The molecular weight excluding hydrogens is 140 g/mol. The molecule has 3 nitrogen and oxygen atoms in total. The van der Waals surface area contributed by atoms with Crippen LogP contribution in [0.2, 0.25) is 5.15 Å². The average Bonchev–Trinajstić information content (AvgIpc) is 2.15. The minimum atomic E-state index is 0.256. The quantitative estimate of drug-likeness (QED) is 0.653. The molecule has 4 heteroatoms. The fraction of sp³-hybridized carbons (Fsp3) is 0.400. The van der Waals surface area contributed by atoms with Crippen molar-refractivity contribution in [2.75, 3.05) is 5.73 Å². The van der Waals surface area contributed by atoms with E-state index >= 15 is 0 Å². The Morgan fingerprint density at radius 3 is 2.67 bits per heavy atom. The summed E-state index contributed by atoms with van der Waals surface area (Å²) in [6, 6.07) is 0. The van der Waals surface area contributed by atoms with E-state index in [-0.39, 0.29) is 5.15 Å². The Kier molecular flexibility index (Phi) is 1.62. The highest BCUT2D eigenvalue weighted by Gasteiger charge is 2.06. The normalized spacial score (nSPS) is 10.0. The first kappa shape index (κ1) is 6.42. The number of aromatic nitrogens is 1. The van der Waals surface area contributed by atoms with Gasteiger partial charge in [0.25, 0.3) is 0 Å². The van der Waals surface area contributed by atoms with Crippen LogP contribution < -0.4 is 5.73 Å². The van der Waals surface area contributed by atoms with Crippen LogP contribution in [0.3, 0.4) is 0 Å². The summed E-state index contributed by atoms with van der Waals surface area (Å²) < 4.78 is 4.74. The van der Waals surface area contributed by atoms with Gasteiger partial charge in [-0.05, 0) is 0 Å². The van der Waals surface area contributed by atoms with Gasteiger partial charge in [-0.2, -0.15) is 0 Å². The van der Waals surface area contributed by atoms with Gasteiger partial charge in [-0.15, -0.1) is 0 Å². The first-order valence-electron chi connectivity index (χ1n) is 2.65. The lowest BCUT2D eigenvalue weighted by Crippen LogP contribution is -1.86. The van der Waals surface area contributed by atoms with Crippen LogP contribution in [0.15, 0.2) is 4.52 Å². The molecule has 1 aromatic heterocycles. The number of halogens is 1. The summed E-state index contributed by atoms with van der Waals surface area (Å²) in [6.07, 6.45) is 0.728. The highest BCUT2D eigenvalue weighted by Crippen LogP contribution is 2.21. The lowest BCUT2D eigenvalue weighted by Gasteiger charge is -1.85. The van der Waals surface area contributed by atoms with Crippen molar-refractivity contribution in [2.45, 2.75) is 13.3 Å². The lowest BCUT2D eigenvalue weighted by molar-refractivity contribution is 0.388. The minimum absolute atomic E-state index is 0.256. The van der Waals surface area contributed by atoms with Crippen molar-refractivity contribution in [1.82, 2.24) is 5.16 Å². The fourth-order valence-electron chi connectivity index (χ4n) is 0.564. The Balaban J connectivity index is 3.04. The maximum absolute atomic E-state index is 5.48. The molecule has 50 valence electrons. The number of nitrogens with zero attached hydrogens (tertiary/aromatic N) is 1. The Morgan fingerprint density at radius 2 is 2.44 bits per heavy atom. The topological polar surface area (TPSA) is 52.0 Å². The van der Waals surface area contributed by atoms with E-state index in [1.165, 1.54) is 0 Å². The minimum Gasteiger partial charge on any atom is -0.393 e. The van der Waals surface area contributed by atoms with Crippen molar-refractivity contribution in [2.24, 2.45) is 0 Å². The van der Waals surface area contributed by atoms with Crippen molar-refractivity contribution in [3.05, 3.63) is 10.9 Å². The second-order valence-electron chi connectivity index (χ2n) is 1.66. The molecule has 1 heterocycles. The van der Waals surface area contributed by atoms with E-state index in [4.69, 9.17) is 21.9 Å². The van der Waals surface area contributed by atoms with Crippen LogP contribution in [0.25, 0.3) is 0 Å². The average molecular weight is 147 g/mol. The number of nitrogens with two attached hydrogens (primary N) is 1. The predicted octanol–water partition coefficient (Wildman–Crippen LogP) is 1.47. The predicted molar refractivity (Wildman–Crippen MR) is 35.3 cm³/mol. The molecule has 0 saturated carbocycles. The van der Waals surface area contributed by atoms with Gasteiger partial charge in [-0.25, -0.2) is 0 Å². The Labute approximate surface area is 57.8 Å². The standard InChI is InChI=1S/C5H7ClN2O/c1-2-3-4(7)5(6)8-9-3/h2,7H2,1H3. The molecule has 0 amide bonds. The highest BCUT2D eigenvalue weighted by atomic mass is 35.5. The van der Waals surface area contributed by atoms with Crippen LogP contribution in [-0.4, -0.2) is 5.16 Å². The third kappa shape index (κ3) is 1.00. The summed E-state index contributed by atoms with van der Waals surface area (Å²) in [5, 5.41) is 3.71. The molecule has 1 rings (SSSR count). The van der Waals surface area contributed by atoms with Crippen LogP contribution in [0, 0.1) is 0 Å². The van der Waals surface area contributed by atoms with Crippen molar-refractivity contribution >= 4 is 17.3 Å². The van der Waals surface area contributed by atoms with Crippen molar-refractivity contribution in [3.63, 3.8) is 0 Å². The van der Waals surface area contributed by atoms with Gasteiger partial charge < -0.3 is 10.3 Å². The van der Waals surface area contributed by atoms with Crippen molar-refractivity contribution < 1.29 is 4.52 Å². The number of nitrogen functional groups attached to an aromatic ring is 1. The second kappa shape index (κ2) is 2.27. The largest absolute Gasteiger partial charge is 0.393 e. The Bertz CT molecular complexity index is 209. The summed E-state index contributed by atoms with van der Waals surface area (Å²) in [6.45, 7) is 1.92. The summed E-state index contributed by atoms with van der Waals surface area (Å²) >= 11 is 5.48. The molecule has 0 aromatic carbocycles. The van der Waals surface area contributed by atoms with Crippen LogP contribution in [-0.2, 0) is 6.42 Å². The van der Waals surface area contributed by atoms with Gasteiger partial charge in [0.05, 0.1) is 0 Å². The SMILES string of the molecule is CCc1onc(Cl)c1N. The van der Waals surface area contributed by atoms with Gasteiger partial charge in [-0.1, -0.05) is 23.7 Å². The van der Waals surface area contributed by atoms with Gasteiger partial charge in [0, 0.05) is 6.42 Å². The van der Waals surface area contributed by atoms with E-state index in [0.717, 1.165) is 6.42 Å². The van der Waals surface area contributed by atoms with Crippen LogP contribution >= 0.6 is 11.6 Å². The maximum atomic E-state index is 5.48. The van der Waals surface area contributed by atoms with Crippen LogP contribution in [0.1, 0.15) is 12.7 Å². The summed E-state index contributed by atoms with van der Waals surface area (Å²) in [5.74, 6) is 0.653. The van der Waals surface area contributed by atoms with E-state index in [1.807, 2.05) is 6.92 Å². The number of hydrogen-bond acceptors (Lipinski definition) is 3. The molecule has 1 aromatic rings. The highest BCUT2D eigenvalue weighted by molar-refractivity contribution is 6.31. The van der Waals surface area contributed by atoms with E-state index in [1.54, 1.807) is 0 Å². The van der Waals surface area contributed by atoms with E-state index < -0.39 is 0 Å². The molecule has 0 radical (unpaired) electrons. The maximum Gasteiger partial charge on any atom is 0.195 e. The molecule has 0 saturated heterocycles. The molecule has 0 fully saturated rings. The van der Waals surface area contributed by atoms with Gasteiger partial charge >= 0.3 is 0 Å². The molecule has 0 unspecified atom stereocenters. The van der Waals surface area contributed by atoms with E-state index in [0.29, 0.717) is 11.4 Å². The van der Waals surface area contributed by atoms with E-state index in [9.17, 15) is 0 Å². The molecule has 0 atom stereocenters. The van der Waals surface area contributed by atoms with Gasteiger partial charge in [0.2, 0.25) is 0 Å². The number of aryl methyl sites for hydroxylation is 1. The third-order valence-corrected chi connectivity index (χ3v) is 1.35. The molecule has 9 heavy (non-hydrogen) atoms.